The zero-order valence-electron chi connectivity index (χ0n) is 16.0. The van der Waals surface area contributed by atoms with E-state index in [4.69, 9.17) is 4.74 Å². The van der Waals surface area contributed by atoms with E-state index in [1.807, 2.05) is 30.3 Å². The molecule has 0 aliphatic carbocycles. The van der Waals surface area contributed by atoms with E-state index < -0.39 is 12.1 Å². The second kappa shape index (κ2) is 8.32. The van der Waals surface area contributed by atoms with Crippen LogP contribution in [0.4, 0.5) is 4.39 Å². The van der Waals surface area contributed by atoms with E-state index in [9.17, 15) is 19.6 Å². The summed E-state index contributed by atoms with van der Waals surface area (Å²) in [6.45, 7) is 0.851. The van der Waals surface area contributed by atoms with Gasteiger partial charge in [-0.3, -0.25) is 4.79 Å². The highest BCUT2D eigenvalue weighted by molar-refractivity contribution is 5.82. The molecule has 6 heteroatoms. The fourth-order valence-corrected chi connectivity index (χ4v) is 4.55. The lowest BCUT2D eigenvalue weighted by Crippen LogP contribution is -2.66. The van der Waals surface area contributed by atoms with Crippen LogP contribution in [0.1, 0.15) is 24.3 Å². The van der Waals surface area contributed by atoms with Gasteiger partial charge >= 0.3 is 0 Å². The SMILES string of the molecule is N#C[C@@H]1[C@@H](c2ccccc2-c2cccc(F)c2)[C@H](CO)N1C(=O)C1CCOCC1. The number of carbonyl (C=O) groups excluding carboxylic acids is 1. The van der Waals surface area contributed by atoms with E-state index in [0.717, 1.165) is 11.1 Å². The zero-order chi connectivity index (χ0) is 20.4. The number of halogens is 1. The van der Waals surface area contributed by atoms with Crippen molar-refractivity contribution in [1.82, 2.24) is 4.90 Å². The number of rotatable bonds is 4. The molecular formula is C23H23FN2O3. The third-order valence-electron chi connectivity index (χ3n) is 6.01. The van der Waals surface area contributed by atoms with Crippen molar-refractivity contribution in [2.24, 2.45) is 5.92 Å². The van der Waals surface area contributed by atoms with Crippen LogP contribution in [-0.2, 0) is 9.53 Å². The molecule has 0 unspecified atom stereocenters. The molecule has 0 aromatic heterocycles. The number of ether oxygens (including phenoxy) is 1. The van der Waals surface area contributed by atoms with Gasteiger partial charge in [-0.1, -0.05) is 36.4 Å². The van der Waals surface area contributed by atoms with Gasteiger partial charge in [0.2, 0.25) is 5.91 Å². The first-order chi connectivity index (χ1) is 14.2. The first-order valence-corrected chi connectivity index (χ1v) is 9.91. The highest BCUT2D eigenvalue weighted by atomic mass is 19.1. The second-order valence-electron chi connectivity index (χ2n) is 7.58. The maximum Gasteiger partial charge on any atom is 0.227 e. The highest BCUT2D eigenvalue weighted by Crippen LogP contribution is 2.45. The molecule has 2 aromatic carbocycles. The number of nitrogens with zero attached hydrogens (tertiary/aromatic N) is 2. The molecule has 2 aliphatic heterocycles. The molecule has 29 heavy (non-hydrogen) atoms. The number of amides is 1. The van der Waals surface area contributed by atoms with Crippen LogP contribution >= 0.6 is 0 Å². The Hall–Kier alpha value is -2.75. The van der Waals surface area contributed by atoms with Crippen LogP contribution in [0.15, 0.2) is 48.5 Å². The lowest BCUT2D eigenvalue weighted by atomic mass is 9.72. The van der Waals surface area contributed by atoms with E-state index in [-0.39, 0.29) is 30.2 Å². The normalized spacial score (nSPS) is 24.6. The van der Waals surface area contributed by atoms with Gasteiger partial charge in [-0.2, -0.15) is 5.26 Å². The molecule has 0 saturated carbocycles. The van der Waals surface area contributed by atoms with E-state index >= 15 is 0 Å². The molecule has 2 aromatic rings. The quantitative estimate of drug-likeness (QED) is 0.865. The van der Waals surface area contributed by atoms with Gasteiger partial charge in [0.15, 0.2) is 0 Å². The van der Waals surface area contributed by atoms with Gasteiger partial charge in [-0.05, 0) is 41.7 Å². The van der Waals surface area contributed by atoms with E-state index in [1.165, 1.54) is 12.1 Å². The molecule has 150 valence electrons. The molecule has 0 radical (unpaired) electrons. The van der Waals surface area contributed by atoms with E-state index in [0.29, 0.717) is 31.6 Å². The number of benzene rings is 2. The summed E-state index contributed by atoms with van der Waals surface area (Å²) < 4.78 is 19.1. The van der Waals surface area contributed by atoms with Gasteiger partial charge in [-0.25, -0.2) is 4.39 Å². The molecule has 2 aliphatic rings. The van der Waals surface area contributed by atoms with Crippen molar-refractivity contribution in [1.29, 1.82) is 5.26 Å². The predicted molar refractivity (Wildman–Crippen MR) is 105 cm³/mol. The van der Waals surface area contributed by atoms with Crippen LogP contribution in [0.2, 0.25) is 0 Å². The number of hydrogen-bond donors (Lipinski definition) is 1. The van der Waals surface area contributed by atoms with Gasteiger partial charge in [0.05, 0.1) is 18.7 Å². The minimum absolute atomic E-state index is 0.0848. The average Bonchev–Trinajstić information content (AvgIpc) is 2.74. The largest absolute Gasteiger partial charge is 0.394 e. The lowest BCUT2D eigenvalue weighted by molar-refractivity contribution is -0.154. The van der Waals surface area contributed by atoms with Gasteiger partial charge in [0.1, 0.15) is 11.9 Å². The van der Waals surface area contributed by atoms with Crippen LogP contribution in [0.25, 0.3) is 11.1 Å². The zero-order valence-corrected chi connectivity index (χ0v) is 16.0. The molecule has 2 saturated heterocycles. The molecule has 2 heterocycles. The van der Waals surface area contributed by atoms with Crippen LogP contribution < -0.4 is 0 Å². The van der Waals surface area contributed by atoms with Crippen LogP contribution in [0, 0.1) is 23.1 Å². The third kappa shape index (κ3) is 3.52. The second-order valence-corrected chi connectivity index (χ2v) is 7.58. The molecule has 3 atom stereocenters. The topological polar surface area (TPSA) is 73.6 Å². The number of carbonyl (C=O) groups is 1. The van der Waals surface area contributed by atoms with Crippen LogP contribution in [-0.4, -0.2) is 47.8 Å². The summed E-state index contributed by atoms with van der Waals surface area (Å²) in [6, 6.07) is 15.0. The average molecular weight is 394 g/mol. The monoisotopic (exact) mass is 394 g/mol. The summed E-state index contributed by atoms with van der Waals surface area (Å²) in [5, 5.41) is 19.9. The van der Waals surface area contributed by atoms with E-state index in [1.54, 1.807) is 11.0 Å². The first kappa shape index (κ1) is 19.6. The highest BCUT2D eigenvalue weighted by Gasteiger charge is 2.53. The van der Waals surface area contributed by atoms with Gasteiger partial charge in [0.25, 0.3) is 0 Å². The number of aliphatic hydroxyl groups excluding tert-OH is 1. The minimum atomic E-state index is -0.655. The number of likely N-dealkylation sites (tertiary alicyclic amines) is 1. The number of hydrogen-bond acceptors (Lipinski definition) is 4. The fourth-order valence-electron chi connectivity index (χ4n) is 4.55. The van der Waals surface area contributed by atoms with Gasteiger partial charge in [0, 0.05) is 25.0 Å². The standard InChI is InChI=1S/C23H23FN2O3/c24-17-5-3-4-16(12-17)18-6-1-2-7-19(18)22-20(13-25)26(21(22)14-27)23(28)15-8-10-29-11-9-15/h1-7,12,15,20-22,27H,8-11,14H2/t20-,21+,22-/m1/s1. The van der Waals surface area contributed by atoms with Crippen molar-refractivity contribution in [3.8, 4) is 17.2 Å². The molecule has 1 N–H and O–H groups in total. The van der Waals surface area contributed by atoms with Crippen LogP contribution in [0.5, 0.6) is 0 Å². The fraction of sp³-hybridized carbons (Fsp3) is 0.391. The molecular weight excluding hydrogens is 371 g/mol. The van der Waals surface area contributed by atoms with Gasteiger partial charge < -0.3 is 14.7 Å². The summed E-state index contributed by atoms with van der Waals surface area (Å²) in [7, 11) is 0. The molecule has 0 spiro atoms. The smallest absolute Gasteiger partial charge is 0.227 e. The van der Waals surface area contributed by atoms with Crippen molar-refractivity contribution in [2.45, 2.75) is 30.8 Å². The lowest BCUT2D eigenvalue weighted by Gasteiger charge is -2.53. The summed E-state index contributed by atoms with van der Waals surface area (Å²) >= 11 is 0. The summed E-state index contributed by atoms with van der Waals surface area (Å²) in [4.78, 5) is 14.6. The molecule has 5 nitrogen and oxygen atoms in total. The summed E-state index contributed by atoms with van der Waals surface area (Å²) in [6.07, 6.45) is 1.27. The van der Waals surface area contributed by atoms with Crippen LogP contribution in [0.3, 0.4) is 0 Å². The Balaban J connectivity index is 1.67. The molecule has 0 bridgehead atoms. The third-order valence-corrected chi connectivity index (χ3v) is 6.01. The van der Waals surface area contributed by atoms with Crippen molar-refractivity contribution in [2.75, 3.05) is 19.8 Å². The number of aliphatic hydroxyl groups is 1. The Morgan fingerprint density at radius 2 is 1.97 bits per heavy atom. The molecule has 4 rings (SSSR count). The minimum Gasteiger partial charge on any atom is -0.394 e. The first-order valence-electron chi connectivity index (χ1n) is 9.91. The summed E-state index contributed by atoms with van der Waals surface area (Å²) in [5.74, 6) is -0.919. The van der Waals surface area contributed by atoms with Crippen molar-refractivity contribution >= 4 is 5.91 Å². The molecule has 2 fully saturated rings. The molecule has 1 amide bonds. The summed E-state index contributed by atoms with van der Waals surface area (Å²) in [5.41, 5.74) is 2.37. The number of nitriles is 1. The van der Waals surface area contributed by atoms with Crippen molar-refractivity contribution in [3.63, 3.8) is 0 Å². The Morgan fingerprint density at radius 3 is 2.66 bits per heavy atom. The predicted octanol–water partition coefficient (Wildman–Crippen LogP) is 3.10. The van der Waals surface area contributed by atoms with Gasteiger partial charge in [-0.15, -0.1) is 0 Å². The van der Waals surface area contributed by atoms with Crippen molar-refractivity contribution in [3.05, 3.63) is 59.9 Å². The Bertz CT molecular complexity index is 936. The Morgan fingerprint density at radius 1 is 1.21 bits per heavy atom. The van der Waals surface area contributed by atoms with E-state index in [2.05, 4.69) is 6.07 Å². The van der Waals surface area contributed by atoms with Crippen molar-refractivity contribution < 1.29 is 19.0 Å². The Kier molecular flexibility index (Phi) is 5.61. The maximum atomic E-state index is 13.8. The maximum absolute atomic E-state index is 13.8. The Labute approximate surface area is 169 Å².